The average Bonchev–Trinajstić information content (AvgIpc) is 2.91. The van der Waals surface area contributed by atoms with Crippen molar-refractivity contribution in [1.29, 1.82) is 0 Å². The fourth-order valence-electron chi connectivity index (χ4n) is 6.11. The molecule has 4 aliphatic carbocycles. The van der Waals surface area contributed by atoms with Crippen LogP contribution in [0.15, 0.2) is 40.9 Å². The van der Waals surface area contributed by atoms with Crippen LogP contribution in [0.3, 0.4) is 0 Å². The third kappa shape index (κ3) is 2.01. The zero-order valence-electron chi connectivity index (χ0n) is 15.3. The van der Waals surface area contributed by atoms with Gasteiger partial charge in [-0.05, 0) is 49.6 Å². The number of fused-ring (bicyclic) bond motifs is 5. The first-order valence-corrected chi connectivity index (χ1v) is 9.35. The van der Waals surface area contributed by atoms with Crippen LogP contribution in [0.4, 0.5) is 0 Å². The number of hydrogen-bond acceptors (Lipinski definition) is 3. The molecule has 4 rings (SSSR count). The fraction of sp³-hybridized carbons (Fsp3) is 0.667. The van der Waals surface area contributed by atoms with Crippen molar-refractivity contribution >= 4 is 5.71 Å². The van der Waals surface area contributed by atoms with Crippen LogP contribution >= 0.6 is 0 Å². The molecule has 0 saturated heterocycles. The number of nitrogens with zero attached hydrogens (tertiary/aromatic N) is 1. The Hall–Kier alpha value is -1.19. The quantitative estimate of drug-likeness (QED) is 0.727. The standard InChI is InChI=1S/C21H30N2O/c1-20-9-7-14(24)11-13(20)12-17(22-3)19-15-5-6-18(23-4)21(15,2)10-8-16(19)20/h5-7,9,12,14-16,18-19,23-24H,8,10-11H2,1-4H3/t14?,15-,16+,18?,19?,20-,21-/m0/s1. The molecule has 1 saturated carbocycles. The monoisotopic (exact) mass is 326 g/mol. The van der Waals surface area contributed by atoms with Gasteiger partial charge in [-0.25, -0.2) is 0 Å². The molecule has 0 aromatic carbocycles. The molecule has 0 aliphatic heterocycles. The maximum absolute atomic E-state index is 10.1. The van der Waals surface area contributed by atoms with Crippen LogP contribution in [0.2, 0.25) is 0 Å². The van der Waals surface area contributed by atoms with Crippen molar-refractivity contribution in [3.63, 3.8) is 0 Å². The molecular formula is C21H30N2O. The number of aliphatic imine (C=N–C) groups is 1. The summed E-state index contributed by atoms with van der Waals surface area (Å²) >= 11 is 0. The van der Waals surface area contributed by atoms with E-state index in [1.165, 1.54) is 24.1 Å². The van der Waals surface area contributed by atoms with Crippen molar-refractivity contribution < 1.29 is 5.11 Å². The van der Waals surface area contributed by atoms with E-state index in [1.807, 2.05) is 13.1 Å². The van der Waals surface area contributed by atoms with Crippen molar-refractivity contribution in [1.82, 2.24) is 5.32 Å². The zero-order valence-corrected chi connectivity index (χ0v) is 15.3. The van der Waals surface area contributed by atoms with Gasteiger partial charge >= 0.3 is 0 Å². The van der Waals surface area contributed by atoms with Crippen LogP contribution in [0.1, 0.15) is 33.1 Å². The lowest BCUT2D eigenvalue weighted by Crippen LogP contribution is -2.55. The highest BCUT2D eigenvalue weighted by Gasteiger charge is 2.57. The number of nitrogens with one attached hydrogen (secondary N) is 1. The summed E-state index contributed by atoms with van der Waals surface area (Å²) in [5.74, 6) is 1.61. The Kier molecular flexibility index (Phi) is 3.67. The number of likely N-dealkylation sites (N-methyl/N-ethyl adjacent to an activating group) is 1. The Labute approximate surface area is 145 Å². The minimum Gasteiger partial charge on any atom is -0.389 e. The first kappa shape index (κ1) is 16.3. The number of allylic oxidation sites excluding steroid dienone is 3. The Bertz CT molecular complexity index is 661. The predicted octanol–water partition coefficient (Wildman–Crippen LogP) is 3.13. The Morgan fingerprint density at radius 2 is 2.04 bits per heavy atom. The van der Waals surface area contributed by atoms with Crippen molar-refractivity contribution in [2.45, 2.75) is 45.3 Å². The highest BCUT2D eigenvalue weighted by molar-refractivity contribution is 5.99. The lowest BCUT2D eigenvalue weighted by Gasteiger charge is -2.56. The van der Waals surface area contributed by atoms with Gasteiger partial charge in [0.15, 0.2) is 0 Å². The Morgan fingerprint density at radius 3 is 2.75 bits per heavy atom. The molecule has 3 heteroatoms. The van der Waals surface area contributed by atoms with E-state index in [-0.39, 0.29) is 16.9 Å². The molecule has 0 radical (unpaired) electrons. The maximum atomic E-state index is 10.1. The van der Waals surface area contributed by atoms with E-state index in [4.69, 9.17) is 4.99 Å². The van der Waals surface area contributed by atoms with Crippen LogP contribution in [-0.2, 0) is 0 Å². The molecule has 0 aromatic rings. The van der Waals surface area contributed by atoms with E-state index in [0.717, 1.165) is 6.42 Å². The molecule has 4 aliphatic rings. The van der Waals surface area contributed by atoms with Gasteiger partial charge in [-0.3, -0.25) is 4.99 Å². The highest BCUT2D eigenvalue weighted by Crippen LogP contribution is 2.61. The Morgan fingerprint density at radius 1 is 1.25 bits per heavy atom. The largest absolute Gasteiger partial charge is 0.389 e. The van der Waals surface area contributed by atoms with Crippen molar-refractivity contribution in [2.24, 2.45) is 33.6 Å². The third-order valence-electron chi connectivity index (χ3n) is 7.59. The first-order valence-electron chi connectivity index (χ1n) is 9.35. The number of hydrogen-bond donors (Lipinski definition) is 2. The van der Waals surface area contributed by atoms with Crippen molar-refractivity contribution in [3.05, 3.63) is 36.0 Å². The van der Waals surface area contributed by atoms with Gasteiger partial charge in [-0.2, -0.15) is 0 Å². The molecule has 3 unspecified atom stereocenters. The molecule has 130 valence electrons. The van der Waals surface area contributed by atoms with Gasteiger partial charge < -0.3 is 10.4 Å². The van der Waals surface area contributed by atoms with Gasteiger partial charge in [0.25, 0.3) is 0 Å². The molecule has 3 nitrogen and oxygen atoms in total. The summed E-state index contributed by atoms with van der Waals surface area (Å²) in [7, 11) is 4.01. The molecule has 0 aromatic heterocycles. The van der Waals surface area contributed by atoms with E-state index in [0.29, 0.717) is 23.8 Å². The molecule has 1 fully saturated rings. The molecule has 0 bridgehead atoms. The maximum Gasteiger partial charge on any atom is 0.0758 e. The third-order valence-corrected chi connectivity index (χ3v) is 7.59. The van der Waals surface area contributed by atoms with Gasteiger partial charge in [0.1, 0.15) is 0 Å². The van der Waals surface area contributed by atoms with Crippen LogP contribution in [0.5, 0.6) is 0 Å². The molecule has 24 heavy (non-hydrogen) atoms. The fourth-order valence-corrected chi connectivity index (χ4v) is 6.11. The summed E-state index contributed by atoms with van der Waals surface area (Å²) in [6.07, 6.45) is 14.3. The van der Waals surface area contributed by atoms with E-state index in [2.05, 4.69) is 50.5 Å². The lowest BCUT2D eigenvalue weighted by atomic mass is 9.48. The second-order valence-corrected chi connectivity index (χ2v) is 8.59. The minimum absolute atomic E-state index is 0.0744. The second-order valence-electron chi connectivity index (χ2n) is 8.59. The van der Waals surface area contributed by atoms with Crippen molar-refractivity contribution in [3.8, 4) is 0 Å². The van der Waals surface area contributed by atoms with Gasteiger partial charge in [0, 0.05) is 30.1 Å². The summed E-state index contributed by atoms with van der Waals surface area (Å²) in [5, 5.41) is 13.6. The molecule has 0 amide bonds. The number of aliphatic hydroxyl groups excluding tert-OH is 1. The molecule has 2 N–H and O–H groups in total. The zero-order chi connectivity index (χ0) is 17.1. The minimum atomic E-state index is -0.340. The molecule has 7 atom stereocenters. The van der Waals surface area contributed by atoms with Crippen LogP contribution in [0, 0.1) is 28.6 Å². The summed E-state index contributed by atoms with van der Waals surface area (Å²) in [4.78, 5) is 4.70. The summed E-state index contributed by atoms with van der Waals surface area (Å²) in [6, 6.07) is 0.462. The van der Waals surface area contributed by atoms with E-state index >= 15 is 0 Å². The van der Waals surface area contributed by atoms with Gasteiger partial charge in [0.2, 0.25) is 0 Å². The van der Waals surface area contributed by atoms with Crippen LogP contribution in [0.25, 0.3) is 0 Å². The average molecular weight is 326 g/mol. The predicted molar refractivity (Wildman–Crippen MR) is 99.1 cm³/mol. The van der Waals surface area contributed by atoms with Gasteiger partial charge in [-0.15, -0.1) is 0 Å². The van der Waals surface area contributed by atoms with Gasteiger partial charge in [-0.1, -0.05) is 43.7 Å². The Balaban J connectivity index is 1.80. The topological polar surface area (TPSA) is 44.6 Å². The van der Waals surface area contributed by atoms with E-state index in [9.17, 15) is 5.11 Å². The van der Waals surface area contributed by atoms with E-state index in [1.54, 1.807) is 0 Å². The van der Waals surface area contributed by atoms with E-state index < -0.39 is 0 Å². The highest BCUT2D eigenvalue weighted by atomic mass is 16.3. The summed E-state index contributed by atoms with van der Waals surface area (Å²) in [5.41, 5.74) is 2.97. The molecule has 0 heterocycles. The second kappa shape index (κ2) is 5.40. The summed E-state index contributed by atoms with van der Waals surface area (Å²) < 4.78 is 0. The van der Waals surface area contributed by atoms with Crippen LogP contribution < -0.4 is 5.32 Å². The molecule has 0 spiro atoms. The van der Waals surface area contributed by atoms with Crippen LogP contribution in [-0.4, -0.2) is 37.1 Å². The van der Waals surface area contributed by atoms with Crippen molar-refractivity contribution in [2.75, 3.05) is 14.1 Å². The number of aliphatic hydroxyl groups is 1. The normalized spacial score (nSPS) is 51.1. The summed E-state index contributed by atoms with van der Waals surface area (Å²) in [6.45, 7) is 4.83. The van der Waals surface area contributed by atoms with Gasteiger partial charge in [0.05, 0.1) is 6.10 Å². The SMILES string of the molecule is CN=C1C=C2CC(O)C=C[C@]2(C)[C@@H]2CC[C@]3(C)C(NC)C=C[C@H]3C12. The number of rotatable bonds is 1. The first-order chi connectivity index (χ1) is 11.4. The molecular weight excluding hydrogens is 296 g/mol. The smallest absolute Gasteiger partial charge is 0.0758 e. The lowest BCUT2D eigenvalue weighted by molar-refractivity contribution is 0.0311.